The number of piperidine rings is 1. The van der Waals surface area contributed by atoms with Gasteiger partial charge in [-0.25, -0.2) is 0 Å². The summed E-state index contributed by atoms with van der Waals surface area (Å²) in [7, 11) is 0. The Morgan fingerprint density at radius 1 is 1.05 bits per heavy atom. The maximum Gasteiger partial charge on any atom is 0.250 e. The van der Waals surface area contributed by atoms with Gasteiger partial charge in [0.05, 0.1) is 0 Å². The number of rotatable bonds is 2. The third kappa shape index (κ3) is 2.49. The number of halogens is 1. The molecule has 0 unspecified atom stereocenters. The minimum atomic E-state index is 0.145. The third-order valence-electron chi connectivity index (χ3n) is 4.91. The molecule has 0 saturated carbocycles. The summed E-state index contributed by atoms with van der Waals surface area (Å²) in [5.74, 6) is 1.03. The highest BCUT2D eigenvalue weighted by molar-refractivity contribution is 6.31. The van der Waals surface area contributed by atoms with Crippen molar-refractivity contribution in [1.29, 1.82) is 0 Å². The van der Waals surface area contributed by atoms with E-state index in [-0.39, 0.29) is 5.56 Å². The van der Waals surface area contributed by atoms with Gasteiger partial charge in [0.15, 0.2) is 0 Å². The molecule has 0 N–H and O–H groups in total. The van der Waals surface area contributed by atoms with Crippen molar-refractivity contribution < 1.29 is 0 Å². The van der Waals surface area contributed by atoms with E-state index in [1.54, 1.807) is 6.07 Å². The Kier molecular flexibility index (Phi) is 3.55. The van der Waals surface area contributed by atoms with Crippen molar-refractivity contribution in [1.82, 2.24) is 9.47 Å². The summed E-state index contributed by atoms with van der Waals surface area (Å²) in [5, 5.41) is 0.842. The fraction of sp³-hybridized carbons (Fsp3) is 0.389. The maximum atomic E-state index is 12.0. The van der Waals surface area contributed by atoms with Crippen LogP contribution in [0.25, 0.3) is 0 Å². The summed E-state index contributed by atoms with van der Waals surface area (Å²) >= 11 is 6.29. The lowest BCUT2D eigenvalue weighted by atomic mass is 9.83. The largest absolute Gasteiger partial charge is 0.312 e. The zero-order chi connectivity index (χ0) is 15.1. The molecular weight excluding hydrogens is 296 g/mol. The molecule has 1 aromatic carbocycles. The molecule has 4 rings (SSSR count). The van der Waals surface area contributed by atoms with Crippen LogP contribution >= 0.6 is 11.6 Å². The summed E-state index contributed by atoms with van der Waals surface area (Å²) in [6.07, 6.45) is 1.20. The summed E-state index contributed by atoms with van der Waals surface area (Å²) in [4.78, 5) is 14.5. The van der Waals surface area contributed by atoms with Crippen LogP contribution in [-0.4, -0.2) is 22.6 Å². The number of benzene rings is 1. The standard InChI is InChI=1S/C18H19ClN2O/c19-16-5-2-1-4-14(16)11-20-9-13-8-15(12-20)17-6-3-7-18(22)21(17)10-13/h1-7,13,15H,8-12H2/t13-,15+/m0/s1. The van der Waals surface area contributed by atoms with E-state index in [4.69, 9.17) is 11.6 Å². The molecule has 3 heterocycles. The molecule has 1 saturated heterocycles. The van der Waals surface area contributed by atoms with Gasteiger partial charge in [-0.2, -0.15) is 0 Å². The van der Waals surface area contributed by atoms with E-state index in [1.807, 2.05) is 28.8 Å². The second-order valence-corrected chi connectivity index (χ2v) is 6.89. The summed E-state index contributed by atoms with van der Waals surface area (Å²) in [5.41, 5.74) is 2.54. The van der Waals surface area contributed by atoms with Gasteiger partial charge in [-0.1, -0.05) is 35.9 Å². The van der Waals surface area contributed by atoms with Crippen molar-refractivity contribution in [2.24, 2.45) is 5.92 Å². The molecule has 2 aliphatic rings. The molecule has 0 amide bonds. The van der Waals surface area contributed by atoms with Crippen molar-refractivity contribution in [2.45, 2.75) is 25.4 Å². The molecule has 3 nitrogen and oxygen atoms in total. The van der Waals surface area contributed by atoms with E-state index in [0.29, 0.717) is 11.8 Å². The molecule has 2 aromatic rings. The SMILES string of the molecule is O=c1cccc2n1C[C@H]1C[C@@H]2CN(Cc2ccccc2Cl)C1. The first kappa shape index (κ1) is 14.0. The fourth-order valence-electron chi connectivity index (χ4n) is 3.99. The first-order chi connectivity index (χ1) is 10.7. The Morgan fingerprint density at radius 3 is 2.77 bits per heavy atom. The molecule has 0 radical (unpaired) electrons. The van der Waals surface area contributed by atoms with Gasteiger partial charge in [0.2, 0.25) is 0 Å². The average Bonchev–Trinajstić information content (AvgIpc) is 2.51. The molecule has 2 bridgehead atoms. The van der Waals surface area contributed by atoms with Crippen molar-refractivity contribution in [2.75, 3.05) is 13.1 Å². The number of aromatic nitrogens is 1. The fourth-order valence-corrected chi connectivity index (χ4v) is 4.19. The van der Waals surface area contributed by atoms with Gasteiger partial charge in [0.1, 0.15) is 0 Å². The average molecular weight is 315 g/mol. The topological polar surface area (TPSA) is 25.2 Å². The summed E-state index contributed by atoms with van der Waals surface area (Å²) in [6, 6.07) is 13.7. The van der Waals surface area contributed by atoms with Gasteiger partial charge in [0.25, 0.3) is 5.56 Å². The number of likely N-dealkylation sites (tertiary alicyclic amines) is 1. The van der Waals surface area contributed by atoms with Gasteiger partial charge in [0, 0.05) is 48.9 Å². The number of pyridine rings is 1. The Hall–Kier alpha value is -1.58. The third-order valence-corrected chi connectivity index (χ3v) is 5.28. The van der Waals surface area contributed by atoms with Crippen molar-refractivity contribution >= 4 is 11.6 Å². The van der Waals surface area contributed by atoms with Crippen LogP contribution in [0.4, 0.5) is 0 Å². The van der Waals surface area contributed by atoms with Crippen LogP contribution in [0, 0.1) is 5.92 Å². The molecule has 1 aromatic heterocycles. The molecule has 2 atom stereocenters. The van der Waals surface area contributed by atoms with Crippen molar-refractivity contribution in [3.8, 4) is 0 Å². The lowest BCUT2D eigenvalue weighted by Crippen LogP contribution is -2.46. The highest BCUT2D eigenvalue weighted by Crippen LogP contribution is 2.35. The van der Waals surface area contributed by atoms with E-state index in [0.717, 1.165) is 31.2 Å². The van der Waals surface area contributed by atoms with Gasteiger partial charge in [-0.05, 0) is 30.0 Å². The van der Waals surface area contributed by atoms with Gasteiger partial charge in [-0.15, -0.1) is 0 Å². The van der Waals surface area contributed by atoms with E-state index in [2.05, 4.69) is 17.0 Å². The monoisotopic (exact) mass is 314 g/mol. The zero-order valence-corrected chi connectivity index (χ0v) is 13.2. The number of hydrogen-bond donors (Lipinski definition) is 0. The Bertz CT molecular complexity index is 755. The van der Waals surface area contributed by atoms with E-state index in [1.165, 1.54) is 17.7 Å². The molecule has 2 aliphatic heterocycles. The lowest BCUT2D eigenvalue weighted by Gasteiger charge is -2.42. The van der Waals surface area contributed by atoms with Crippen LogP contribution in [0.1, 0.15) is 23.6 Å². The first-order valence-corrected chi connectivity index (χ1v) is 8.24. The molecular formula is C18H19ClN2O. The van der Waals surface area contributed by atoms with Crippen LogP contribution in [0.15, 0.2) is 47.3 Å². The van der Waals surface area contributed by atoms with Gasteiger partial charge < -0.3 is 4.57 Å². The molecule has 114 valence electrons. The van der Waals surface area contributed by atoms with Crippen LogP contribution in [0.5, 0.6) is 0 Å². The van der Waals surface area contributed by atoms with Crippen LogP contribution in [-0.2, 0) is 13.1 Å². The van der Waals surface area contributed by atoms with E-state index >= 15 is 0 Å². The highest BCUT2D eigenvalue weighted by atomic mass is 35.5. The smallest absolute Gasteiger partial charge is 0.250 e. The van der Waals surface area contributed by atoms with E-state index < -0.39 is 0 Å². The maximum absolute atomic E-state index is 12.0. The first-order valence-electron chi connectivity index (χ1n) is 7.86. The second kappa shape index (κ2) is 5.56. The predicted octanol–water partition coefficient (Wildman–Crippen LogP) is 3.12. The molecule has 22 heavy (non-hydrogen) atoms. The summed E-state index contributed by atoms with van der Waals surface area (Å²) < 4.78 is 1.98. The number of hydrogen-bond acceptors (Lipinski definition) is 2. The minimum absolute atomic E-state index is 0.145. The molecule has 0 spiro atoms. The molecule has 1 fully saturated rings. The lowest BCUT2D eigenvalue weighted by molar-refractivity contribution is 0.114. The highest BCUT2D eigenvalue weighted by Gasteiger charge is 2.34. The van der Waals surface area contributed by atoms with Gasteiger partial charge in [-0.3, -0.25) is 9.69 Å². The summed E-state index contributed by atoms with van der Waals surface area (Å²) in [6.45, 7) is 3.79. The Labute approximate surface area is 135 Å². The Balaban J connectivity index is 1.59. The molecule has 0 aliphatic carbocycles. The van der Waals surface area contributed by atoms with Crippen LogP contribution in [0.3, 0.4) is 0 Å². The molecule has 4 heteroatoms. The number of fused-ring (bicyclic) bond motifs is 4. The van der Waals surface area contributed by atoms with Gasteiger partial charge >= 0.3 is 0 Å². The zero-order valence-electron chi connectivity index (χ0n) is 12.4. The quantitative estimate of drug-likeness (QED) is 0.851. The van der Waals surface area contributed by atoms with Crippen LogP contribution < -0.4 is 5.56 Å². The second-order valence-electron chi connectivity index (χ2n) is 6.48. The van der Waals surface area contributed by atoms with Crippen molar-refractivity contribution in [3.05, 3.63) is 69.1 Å². The predicted molar refractivity (Wildman–Crippen MR) is 88.3 cm³/mol. The van der Waals surface area contributed by atoms with Crippen molar-refractivity contribution in [3.63, 3.8) is 0 Å². The Morgan fingerprint density at radius 2 is 1.91 bits per heavy atom. The number of nitrogens with zero attached hydrogens (tertiary/aromatic N) is 2. The normalized spacial score (nSPS) is 24.0. The van der Waals surface area contributed by atoms with Crippen LogP contribution in [0.2, 0.25) is 5.02 Å². The minimum Gasteiger partial charge on any atom is -0.312 e. The van der Waals surface area contributed by atoms with E-state index in [9.17, 15) is 4.79 Å².